The molecule has 8 heteroatoms. The van der Waals surface area contributed by atoms with Crippen LogP contribution in [0.15, 0.2) is 23.2 Å². The van der Waals surface area contributed by atoms with Crippen molar-refractivity contribution < 1.29 is 9.47 Å². The van der Waals surface area contributed by atoms with Crippen molar-refractivity contribution in [1.82, 2.24) is 10.6 Å². The molecule has 28 heavy (non-hydrogen) atoms. The molecular weight excluding hydrogens is 487 g/mol. The summed E-state index contributed by atoms with van der Waals surface area (Å²) in [6.07, 6.45) is 4.26. The number of benzene rings is 1. The van der Waals surface area contributed by atoms with Gasteiger partial charge in [0.2, 0.25) is 0 Å². The van der Waals surface area contributed by atoms with Gasteiger partial charge >= 0.3 is 0 Å². The van der Waals surface area contributed by atoms with Crippen LogP contribution in [-0.4, -0.2) is 63.9 Å². The number of nitrogens with one attached hydrogen (secondary N) is 2. The lowest BCUT2D eigenvalue weighted by molar-refractivity contribution is 0.393. The van der Waals surface area contributed by atoms with Crippen molar-refractivity contribution in [3.63, 3.8) is 0 Å². The zero-order valence-electron chi connectivity index (χ0n) is 17.9. The van der Waals surface area contributed by atoms with Gasteiger partial charge in [0.25, 0.3) is 0 Å². The lowest BCUT2D eigenvalue weighted by Gasteiger charge is -2.35. The predicted octanol–water partition coefficient (Wildman–Crippen LogP) is 3.60. The van der Waals surface area contributed by atoms with Crippen LogP contribution in [0.1, 0.15) is 26.7 Å². The Hall–Kier alpha value is -1.03. The summed E-state index contributed by atoms with van der Waals surface area (Å²) in [6.45, 7) is 7.33. The van der Waals surface area contributed by atoms with E-state index in [2.05, 4.69) is 52.8 Å². The number of guanidine groups is 1. The summed E-state index contributed by atoms with van der Waals surface area (Å²) in [4.78, 5) is 6.77. The molecule has 0 unspecified atom stereocenters. The fourth-order valence-corrected chi connectivity index (χ4v) is 3.23. The number of piperidine rings is 1. The van der Waals surface area contributed by atoms with E-state index in [9.17, 15) is 0 Å². The Kier molecular flexibility index (Phi) is 10.6. The van der Waals surface area contributed by atoms with Gasteiger partial charge < -0.3 is 25.0 Å². The zero-order valence-corrected chi connectivity index (χ0v) is 21.0. The SMILES string of the molecule is CN=C(NCC(C)(C)SC)NC1CCN(c2cc(OC)cc(OC)c2)CC1.I. The lowest BCUT2D eigenvalue weighted by atomic mass is 10.0. The molecule has 2 N–H and O–H groups in total. The monoisotopic (exact) mass is 522 g/mol. The lowest BCUT2D eigenvalue weighted by Crippen LogP contribution is -2.50. The minimum atomic E-state index is 0. The van der Waals surface area contributed by atoms with Crippen LogP contribution < -0.4 is 25.0 Å². The van der Waals surface area contributed by atoms with Crippen molar-refractivity contribution in [2.45, 2.75) is 37.5 Å². The Bertz CT molecular complexity index is 612. The maximum atomic E-state index is 5.40. The number of anilines is 1. The molecule has 1 aromatic carbocycles. The summed E-state index contributed by atoms with van der Waals surface area (Å²) >= 11 is 1.86. The minimum absolute atomic E-state index is 0. The topological polar surface area (TPSA) is 58.1 Å². The second-order valence-electron chi connectivity index (χ2n) is 7.37. The molecule has 1 fully saturated rings. The van der Waals surface area contributed by atoms with E-state index >= 15 is 0 Å². The Morgan fingerprint density at radius 3 is 2.21 bits per heavy atom. The van der Waals surface area contributed by atoms with E-state index in [0.29, 0.717) is 6.04 Å². The maximum absolute atomic E-state index is 5.40. The van der Waals surface area contributed by atoms with Crippen LogP contribution in [0.5, 0.6) is 11.5 Å². The van der Waals surface area contributed by atoms with Crippen LogP contribution in [-0.2, 0) is 0 Å². The van der Waals surface area contributed by atoms with Gasteiger partial charge in [-0.05, 0) is 32.9 Å². The van der Waals surface area contributed by atoms with Gasteiger partial charge in [0.05, 0.1) is 14.2 Å². The molecule has 0 aromatic heterocycles. The number of nitrogens with zero attached hydrogens (tertiary/aromatic N) is 2. The van der Waals surface area contributed by atoms with Crippen LogP contribution in [0.25, 0.3) is 0 Å². The van der Waals surface area contributed by atoms with Crippen LogP contribution in [0.3, 0.4) is 0 Å². The average Bonchev–Trinajstić information content (AvgIpc) is 2.71. The quantitative estimate of drug-likeness (QED) is 0.324. The molecule has 2 rings (SSSR count). The number of aliphatic imine (C=N–C) groups is 1. The van der Waals surface area contributed by atoms with E-state index in [1.165, 1.54) is 0 Å². The van der Waals surface area contributed by atoms with Crippen molar-refractivity contribution in [3.05, 3.63) is 18.2 Å². The Balaban J connectivity index is 0.00000392. The van der Waals surface area contributed by atoms with Crippen molar-refractivity contribution in [2.75, 3.05) is 52.1 Å². The van der Waals surface area contributed by atoms with Crippen molar-refractivity contribution in [3.8, 4) is 11.5 Å². The summed E-state index contributed by atoms with van der Waals surface area (Å²) in [5, 5.41) is 7.03. The molecular formula is C20H35IN4O2S. The van der Waals surface area contributed by atoms with Crippen LogP contribution in [0.4, 0.5) is 5.69 Å². The first-order valence-electron chi connectivity index (χ1n) is 9.41. The van der Waals surface area contributed by atoms with Gasteiger partial charge in [-0.3, -0.25) is 4.99 Å². The Labute approximate surface area is 191 Å². The van der Waals surface area contributed by atoms with Crippen molar-refractivity contribution in [2.24, 2.45) is 4.99 Å². The molecule has 0 bridgehead atoms. The predicted molar refractivity (Wildman–Crippen MR) is 132 cm³/mol. The van der Waals surface area contributed by atoms with E-state index in [1.54, 1.807) is 14.2 Å². The molecule has 1 aliphatic rings. The molecule has 1 aromatic rings. The average molecular weight is 522 g/mol. The third-order valence-electron chi connectivity index (χ3n) is 4.99. The first-order chi connectivity index (χ1) is 12.9. The summed E-state index contributed by atoms with van der Waals surface area (Å²) in [5.41, 5.74) is 1.15. The standard InChI is InChI=1S/C20H34N4O2S.HI/c1-20(2,27-6)14-22-19(21-3)23-15-7-9-24(10-8-15)16-11-17(25-4)13-18(12-16)26-5;/h11-13,15H,7-10,14H2,1-6H3,(H2,21,22,23);1H. The van der Waals surface area contributed by atoms with Gasteiger partial charge in [0.15, 0.2) is 5.96 Å². The first kappa shape index (κ1) is 25.0. The number of thioether (sulfide) groups is 1. The van der Waals surface area contributed by atoms with Crippen LogP contribution >= 0.6 is 35.7 Å². The number of rotatable bonds is 7. The zero-order chi connectivity index (χ0) is 19.9. The van der Waals surface area contributed by atoms with Gasteiger partial charge in [-0.15, -0.1) is 24.0 Å². The van der Waals surface area contributed by atoms with Gasteiger partial charge in [-0.2, -0.15) is 11.8 Å². The molecule has 0 amide bonds. The van der Waals surface area contributed by atoms with Crippen molar-refractivity contribution in [1.29, 1.82) is 0 Å². The molecule has 0 radical (unpaired) electrons. The number of halogens is 1. The molecule has 1 aliphatic heterocycles. The highest BCUT2D eigenvalue weighted by Crippen LogP contribution is 2.30. The highest BCUT2D eigenvalue weighted by atomic mass is 127. The van der Waals surface area contributed by atoms with Gasteiger partial charge in [0.1, 0.15) is 11.5 Å². The first-order valence-corrected chi connectivity index (χ1v) is 10.6. The number of ether oxygens (including phenoxy) is 2. The molecule has 0 aliphatic carbocycles. The largest absolute Gasteiger partial charge is 0.497 e. The van der Waals surface area contributed by atoms with E-state index in [1.807, 2.05) is 24.9 Å². The van der Waals surface area contributed by atoms with E-state index in [4.69, 9.17) is 9.47 Å². The van der Waals surface area contributed by atoms with Gasteiger partial charge in [-0.25, -0.2) is 0 Å². The normalized spacial score (nSPS) is 15.6. The molecule has 0 saturated carbocycles. The molecule has 1 saturated heterocycles. The Morgan fingerprint density at radius 2 is 1.75 bits per heavy atom. The summed E-state index contributed by atoms with van der Waals surface area (Å²) in [6, 6.07) is 6.48. The second-order valence-corrected chi connectivity index (χ2v) is 8.88. The summed E-state index contributed by atoms with van der Waals surface area (Å²) in [7, 11) is 5.20. The number of methoxy groups -OCH3 is 2. The van der Waals surface area contributed by atoms with E-state index in [0.717, 1.165) is 55.6 Å². The maximum Gasteiger partial charge on any atom is 0.191 e. The van der Waals surface area contributed by atoms with Crippen molar-refractivity contribution >= 4 is 47.4 Å². The Morgan fingerprint density at radius 1 is 1.18 bits per heavy atom. The molecule has 6 nitrogen and oxygen atoms in total. The number of hydrogen-bond acceptors (Lipinski definition) is 5. The third kappa shape index (κ3) is 7.42. The third-order valence-corrected chi connectivity index (χ3v) is 6.24. The van der Waals surface area contributed by atoms with Gasteiger partial charge in [0, 0.05) is 61.4 Å². The fourth-order valence-electron chi connectivity index (χ4n) is 3.01. The van der Waals surface area contributed by atoms with E-state index in [-0.39, 0.29) is 28.7 Å². The van der Waals surface area contributed by atoms with E-state index < -0.39 is 0 Å². The second kappa shape index (κ2) is 11.8. The summed E-state index contributed by atoms with van der Waals surface area (Å²) in [5.74, 6) is 2.54. The number of hydrogen-bond donors (Lipinski definition) is 2. The fraction of sp³-hybridized carbons (Fsp3) is 0.650. The minimum Gasteiger partial charge on any atom is -0.497 e. The highest BCUT2D eigenvalue weighted by molar-refractivity contribution is 14.0. The molecule has 160 valence electrons. The molecule has 0 atom stereocenters. The van der Waals surface area contributed by atoms with Crippen LogP contribution in [0, 0.1) is 0 Å². The smallest absolute Gasteiger partial charge is 0.191 e. The highest BCUT2D eigenvalue weighted by Gasteiger charge is 2.22. The van der Waals surface area contributed by atoms with Crippen LogP contribution in [0.2, 0.25) is 0 Å². The molecule has 1 heterocycles. The van der Waals surface area contributed by atoms with Gasteiger partial charge in [-0.1, -0.05) is 0 Å². The summed E-state index contributed by atoms with van der Waals surface area (Å²) < 4.78 is 11.0. The molecule has 0 spiro atoms.